The second kappa shape index (κ2) is 5.12. The molecule has 1 atom stereocenters. The number of anilines is 2. The van der Waals surface area contributed by atoms with Crippen molar-refractivity contribution >= 4 is 23.0 Å². The average Bonchev–Trinajstić information content (AvgIpc) is 2.80. The topological polar surface area (TPSA) is 56.5 Å². The molecule has 5 heteroatoms. The van der Waals surface area contributed by atoms with Crippen molar-refractivity contribution in [2.75, 3.05) is 37.9 Å². The van der Waals surface area contributed by atoms with Crippen LogP contribution in [0.5, 0.6) is 0 Å². The maximum atomic E-state index is 5.93. The minimum atomic E-state index is -0.255. The number of halogens is 1. The van der Waals surface area contributed by atoms with E-state index in [1.54, 1.807) is 19.2 Å². The lowest BCUT2D eigenvalue weighted by molar-refractivity contribution is -0.00618. The first-order chi connectivity index (χ1) is 8.15. The summed E-state index contributed by atoms with van der Waals surface area (Å²) in [5.74, 6) is 0. The van der Waals surface area contributed by atoms with Gasteiger partial charge in [-0.25, -0.2) is 0 Å². The van der Waals surface area contributed by atoms with E-state index in [9.17, 15) is 0 Å². The van der Waals surface area contributed by atoms with Crippen molar-refractivity contribution in [1.29, 1.82) is 0 Å². The Morgan fingerprint density at radius 2 is 2.41 bits per heavy atom. The van der Waals surface area contributed by atoms with Crippen molar-refractivity contribution in [1.82, 2.24) is 0 Å². The summed E-state index contributed by atoms with van der Waals surface area (Å²) in [6, 6.07) is 5.37. The molecule has 1 unspecified atom stereocenters. The molecule has 94 valence electrons. The third kappa shape index (κ3) is 2.83. The van der Waals surface area contributed by atoms with Crippen LogP contribution in [0.1, 0.15) is 6.42 Å². The lowest BCUT2D eigenvalue weighted by Gasteiger charge is -2.26. The van der Waals surface area contributed by atoms with Crippen molar-refractivity contribution in [3.8, 4) is 0 Å². The molecule has 1 aromatic carbocycles. The van der Waals surface area contributed by atoms with Gasteiger partial charge in [-0.15, -0.1) is 0 Å². The van der Waals surface area contributed by atoms with Gasteiger partial charge in [0.25, 0.3) is 0 Å². The third-order valence-electron chi connectivity index (χ3n) is 3.12. The minimum absolute atomic E-state index is 0.255. The highest BCUT2D eigenvalue weighted by Gasteiger charge is 2.34. The fraction of sp³-hybridized carbons (Fsp3) is 0.500. The molecule has 0 saturated carbocycles. The Labute approximate surface area is 106 Å². The van der Waals surface area contributed by atoms with Gasteiger partial charge in [-0.1, -0.05) is 11.6 Å². The second-order valence-electron chi connectivity index (χ2n) is 4.27. The molecule has 0 aromatic heterocycles. The predicted octanol–water partition coefficient (Wildman–Crippen LogP) is 2.14. The quantitative estimate of drug-likeness (QED) is 0.811. The maximum Gasteiger partial charge on any atom is 0.110 e. The molecule has 1 aromatic rings. The molecular formula is C12H17ClN2O2. The summed E-state index contributed by atoms with van der Waals surface area (Å²) < 4.78 is 10.9. The van der Waals surface area contributed by atoms with Crippen LogP contribution in [-0.2, 0) is 9.47 Å². The van der Waals surface area contributed by atoms with E-state index in [2.05, 4.69) is 5.32 Å². The molecule has 4 nitrogen and oxygen atoms in total. The highest BCUT2D eigenvalue weighted by Crippen LogP contribution is 2.27. The average molecular weight is 257 g/mol. The van der Waals surface area contributed by atoms with Crippen molar-refractivity contribution < 1.29 is 9.47 Å². The summed E-state index contributed by atoms with van der Waals surface area (Å²) in [6.45, 7) is 2.01. The number of nitrogens with two attached hydrogens (primary N) is 1. The van der Waals surface area contributed by atoms with Crippen molar-refractivity contribution in [3.05, 3.63) is 23.2 Å². The summed E-state index contributed by atoms with van der Waals surface area (Å²) in [7, 11) is 1.71. The second-order valence-corrected chi connectivity index (χ2v) is 4.71. The number of hydrogen-bond donors (Lipinski definition) is 2. The van der Waals surface area contributed by atoms with E-state index in [0.717, 1.165) is 18.7 Å². The van der Waals surface area contributed by atoms with Crippen molar-refractivity contribution in [2.45, 2.75) is 12.0 Å². The van der Waals surface area contributed by atoms with Gasteiger partial charge in [0.05, 0.1) is 18.0 Å². The van der Waals surface area contributed by atoms with E-state index in [-0.39, 0.29) is 5.60 Å². The molecule has 1 aliphatic heterocycles. The van der Waals surface area contributed by atoms with E-state index in [4.69, 9.17) is 26.8 Å². The number of benzene rings is 1. The first-order valence-electron chi connectivity index (χ1n) is 5.57. The summed E-state index contributed by atoms with van der Waals surface area (Å²) in [5, 5.41) is 3.94. The molecule has 1 aliphatic rings. The molecule has 0 amide bonds. The normalized spacial score (nSPS) is 23.9. The van der Waals surface area contributed by atoms with E-state index < -0.39 is 0 Å². The van der Waals surface area contributed by atoms with Gasteiger partial charge in [0, 0.05) is 31.7 Å². The van der Waals surface area contributed by atoms with Gasteiger partial charge in [-0.05, 0) is 18.2 Å². The number of rotatable bonds is 4. The van der Waals surface area contributed by atoms with Crippen LogP contribution in [0.4, 0.5) is 11.4 Å². The Kier molecular flexibility index (Phi) is 3.76. The zero-order chi connectivity index (χ0) is 12.3. The fourth-order valence-corrected chi connectivity index (χ4v) is 2.07. The minimum Gasteiger partial charge on any atom is -0.397 e. The third-order valence-corrected chi connectivity index (χ3v) is 3.35. The SMILES string of the molecule is COC1(CNc2cc(Cl)ccc2N)CCOC1. The first kappa shape index (κ1) is 12.5. The van der Waals surface area contributed by atoms with Gasteiger partial charge in [0.2, 0.25) is 0 Å². The Morgan fingerprint density at radius 1 is 1.59 bits per heavy atom. The molecule has 1 heterocycles. The Morgan fingerprint density at radius 3 is 3.06 bits per heavy atom. The lowest BCUT2D eigenvalue weighted by Crippen LogP contribution is -2.39. The Hall–Kier alpha value is -0.970. The molecule has 0 spiro atoms. The predicted molar refractivity (Wildman–Crippen MR) is 69.5 cm³/mol. The Bertz CT molecular complexity index is 392. The molecule has 1 saturated heterocycles. The van der Waals surface area contributed by atoms with Crippen LogP contribution >= 0.6 is 11.6 Å². The molecule has 3 N–H and O–H groups in total. The van der Waals surface area contributed by atoms with Crippen LogP contribution in [0, 0.1) is 0 Å². The summed E-state index contributed by atoms with van der Waals surface area (Å²) in [4.78, 5) is 0. The highest BCUT2D eigenvalue weighted by atomic mass is 35.5. The summed E-state index contributed by atoms with van der Waals surface area (Å²) >= 11 is 5.93. The molecular weight excluding hydrogens is 240 g/mol. The highest BCUT2D eigenvalue weighted by molar-refractivity contribution is 6.31. The van der Waals surface area contributed by atoms with E-state index in [1.807, 2.05) is 6.07 Å². The summed E-state index contributed by atoms with van der Waals surface area (Å²) in [5.41, 5.74) is 7.12. The number of nitrogen functional groups attached to an aromatic ring is 1. The fourth-order valence-electron chi connectivity index (χ4n) is 1.90. The molecule has 0 aliphatic carbocycles. The van der Waals surface area contributed by atoms with Crippen LogP contribution in [0.15, 0.2) is 18.2 Å². The van der Waals surface area contributed by atoms with Crippen LogP contribution in [0.3, 0.4) is 0 Å². The van der Waals surface area contributed by atoms with Gasteiger partial charge >= 0.3 is 0 Å². The molecule has 17 heavy (non-hydrogen) atoms. The molecule has 1 fully saturated rings. The maximum absolute atomic E-state index is 5.93. The van der Waals surface area contributed by atoms with Gasteiger partial charge in [0.1, 0.15) is 5.60 Å². The first-order valence-corrected chi connectivity index (χ1v) is 5.95. The van der Waals surface area contributed by atoms with Gasteiger partial charge in [0.15, 0.2) is 0 Å². The van der Waals surface area contributed by atoms with E-state index in [0.29, 0.717) is 23.9 Å². The Balaban J connectivity index is 2.03. The lowest BCUT2D eigenvalue weighted by atomic mass is 10.0. The largest absolute Gasteiger partial charge is 0.397 e. The standard InChI is InChI=1S/C12H17ClN2O2/c1-16-12(4-5-17-8-12)7-15-11-6-9(13)2-3-10(11)14/h2-3,6,15H,4-5,7-8,14H2,1H3. The van der Waals surface area contributed by atoms with Crippen LogP contribution < -0.4 is 11.1 Å². The molecule has 0 radical (unpaired) electrons. The van der Waals surface area contributed by atoms with Crippen LogP contribution in [0.2, 0.25) is 5.02 Å². The number of nitrogens with one attached hydrogen (secondary N) is 1. The molecule has 0 bridgehead atoms. The van der Waals surface area contributed by atoms with E-state index in [1.165, 1.54) is 0 Å². The van der Waals surface area contributed by atoms with Gasteiger partial charge in [-0.3, -0.25) is 0 Å². The number of ether oxygens (including phenoxy) is 2. The zero-order valence-electron chi connectivity index (χ0n) is 9.83. The number of methoxy groups -OCH3 is 1. The zero-order valence-corrected chi connectivity index (χ0v) is 10.6. The van der Waals surface area contributed by atoms with Gasteiger partial charge in [-0.2, -0.15) is 0 Å². The van der Waals surface area contributed by atoms with Gasteiger partial charge < -0.3 is 20.5 Å². The molecule has 2 rings (SSSR count). The smallest absolute Gasteiger partial charge is 0.110 e. The number of hydrogen-bond acceptors (Lipinski definition) is 4. The van der Waals surface area contributed by atoms with Crippen LogP contribution in [-0.4, -0.2) is 32.5 Å². The van der Waals surface area contributed by atoms with Crippen molar-refractivity contribution in [3.63, 3.8) is 0 Å². The summed E-state index contributed by atoms with van der Waals surface area (Å²) in [6.07, 6.45) is 0.886. The van der Waals surface area contributed by atoms with Crippen molar-refractivity contribution in [2.24, 2.45) is 0 Å². The monoisotopic (exact) mass is 256 g/mol. The van der Waals surface area contributed by atoms with Crippen LogP contribution in [0.25, 0.3) is 0 Å². The van der Waals surface area contributed by atoms with E-state index >= 15 is 0 Å².